The molecule has 0 aliphatic heterocycles. The van der Waals surface area contributed by atoms with E-state index in [0.29, 0.717) is 12.3 Å². The minimum Gasteiger partial charge on any atom is -0.481 e. The van der Waals surface area contributed by atoms with E-state index in [-0.39, 0.29) is 12.5 Å². The van der Waals surface area contributed by atoms with Gasteiger partial charge in [0.05, 0.1) is 12.1 Å². The maximum atomic E-state index is 10.3. The van der Waals surface area contributed by atoms with Gasteiger partial charge in [0.1, 0.15) is 0 Å². The standard InChI is InChI=1S/C10H18N2O2/c1-8(3-4-10(13)14)5-6-12-9(2)7-11/h8-9,12H,3-6H2,1-2H3,(H,13,14). The van der Waals surface area contributed by atoms with Crippen molar-refractivity contribution in [2.45, 2.75) is 39.2 Å². The average Bonchev–Trinajstić information content (AvgIpc) is 2.14. The highest BCUT2D eigenvalue weighted by Gasteiger charge is 2.05. The Morgan fingerprint density at radius 3 is 2.64 bits per heavy atom. The molecule has 0 saturated heterocycles. The van der Waals surface area contributed by atoms with Crippen molar-refractivity contribution in [2.75, 3.05) is 6.54 Å². The third kappa shape index (κ3) is 7.56. The van der Waals surface area contributed by atoms with Gasteiger partial charge in [0.25, 0.3) is 0 Å². The second kappa shape index (κ2) is 7.34. The Hall–Kier alpha value is -1.08. The largest absolute Gasteiger partial charge is 0.481 e. The van der Waals surface area contributed by atoms with Crippen molar-refractivity contribution < 1.29 is 9.90 Å². The van der Waals surface area contributed by atoms with Crippen molar-refractivity contribution >= 4 is 5.97 Å². The Bertz CT molecular complexity index is 211. The molecular formula is C10H18N2O2. The molecule has 0 rings (SSSR count). The normalized spacial score (nSPS) is 14.4. The van der Waals surface area contributed by atoms with Crippen LogP contribution in [0.5, 0.6) is 0 Å². The van der Waals surface area contributed by atoms with Crippen LogP contribution in [-0.2, 0) is 4.79 Å². The van der Waals surface area contributed by atoms with E-state index in [4.69, 9.17) is 10.4 Å². The third-order valence-electron chi connectivity index (χ3n) is 2.13. The highest BCUT2D eigenvalue weighted by molar-refractivity contribution is 5.66. The molecule has 4 nitrogen and oxygen atoms in total. The summed E-state index contributed by atoms with van der Waals surface area (Å²) in [4.78, 5) is 10.3. The molecule has 14 heavy (non-hydrogen) atoms. The van der Waals surface area contributed by atoms with Gasteiger partial charge in [-0.1, -0.05) is 6.92 Å². The van der Waals surface area contributed by atoms with Crippen LogP contribution in [0.1, 0.15) is 33.1 Å². The highest BCUT2D eigenvalue weighted by atomic mass is 16.4. The van der Waals surface area contributed by atoms with Crippen molar-refractivity contribution in [3.05, 3.63) is 0 Å². The predicted octanol–water partition coefficient (Wildman–Crippen LogP) is 1.38. The number of nitriles is 1. The van der Waals surface area contributed by atoms with E-state index in [9.17, 15) is 4.79 Å². The molecule has 2 unspecified atom stereocenters. The number of nitrogens with one attached hydrogen (secondary N) is 1. The molecule has 0 fully saturated rings. The Balaban J connectivity index is 3.40. The highest BCUT2D eigenvalue weighted by Crippen LogP contribution is 2.09. The van der Waals surface area contributed by atoms with Crippen LogP contribution < -0.4 is 5.32 Å². The van der Waals surface area contributed by atoms with Crippen molar-refractivity contribution in [3.63, 3.8) is 0 Å². The van der Waals surface area contributed by atoms with Gasteiger partial charge in [0, 0.05) is 6.42 Å². The van der Waals surface area contributed by atoms with E-state index in [2.05, 4.69) is 11.4 Å². The zero-order valence-corrected chi connectivity index (χ0v) is 8.79. The summed E-state index contributed by atoms with van der Waals surface area (Å²) < 4.78 is 0. The number of rotatable bonds is 7. The van der Waals surface area contributed by atoms with Gasteiger partial charge in [-0.05, 0) is 32.2 Å². The summed E-state index contributed by atoms with van der Waals surface area (Å²) in [6, 6.07) is 1.96. The van der Waals surface area contributed by atoms with Gasteiger partial charge in [0.15, 0.2) is 0 Å². The van der Waals surface area contributed by atoms with Crippen molar-refractivity contribution in [1.82, 2.24) is 5.32 Å². The molecule has 0 bridgehead atoms. The van der Waals surface area contributed by atoms with Crippen LogP contribution in [0.25, 0.3) is 0 Å². The Kier molecular flexibility index (Phi) is 6.77. The second-order valence-corrected chi connectivity index (χ2v) is 3.63. The van der Waals surface area contributed by atoms with Gasteiger partial charge in [-0.25, -0.2) is 0 Å². The molecule has 0 amide bonds. The molecule has 2 N–H and O–H groups in total. The molecule has 80 valence electrons. The molecule has 4 heteroatoms. The maximum absolute atomic E-state index is 10.3. The number of carboxylic acid groups (broad SMARTS) is 1. The number of aliphatic carboxylic acids is 1. The molecule has 0 radical (unpaired) electrons. The monoisotopic (exact) mass is 198 g/mol. The molecule has 2 atom stereocenters. The maximum Gasteiger partial charge on any atom is 0.303 e. The van der Waals surface area contributed by atoms with Gasteiger partial charge in [-0.3, -0.25) is 4.79 Å². The summed E-state index contributed by atoms with van der Waals surface area (Å²) in [5.74, 6) is -0.348. The quantitative estimate of drug-likeness (QED) is 0.648. The van der Waals surface area contributed by atoms with Crippen LogP contribution in [0.4, 0.5) is 0 Å². The molecule has 0 spiro atoms. The van der Waals surface area contributed by atoms with E-state index in [1.54, 1.807) is 0 Å². The van der Waals surface area contributed by atoms with Crippen molar-refractivity contribution in [3.8, 4) is 6.07 Å². The second-order valence-electron chi connectivity index (χ2n) is 3.63. The van der Waals surface area contributed by atoms with Crippen LogP contribution in [0.2, 0.25) is 0 Å². The van der Waals surface area contributed by atoms with Gasteiger partial charge in [-0.2, -0.15) is 5.26 Å². The summed E-state index contributed by atoms with van der Waals surface area (Å²) in [6.45, 7) is 4.61. The van der Waals surface area contributed by atoms with Crippen LogP contribution in [0.3, 0.4) is 0 Å². The SMILES string of the molecule is CC(CCNC(C)C#N)CCC(=O)O. The van der Waals surface area contributed by atoms with E-state index in [1.807, 2.05) is 13.8 Å². The first-order valence-corrected chi connectivity index (χ1v) is 4.91. The molecule has 0 aliphatic carbocycles. The summed E-state index contributed by atoms with van der Waals surface area (Å²) >= 11 is 0. The third-order valence-corrected chi connectivity index (χ3v) is 2.13. The van der Waals surface area contributed by atoms with Gasteiger partial charge in [0.2, 0.25) is 0 Å². The molecule has 0 aromatic rings. The van der Waals surface area contributed by atoms with Crippen LogP contribution in [0.15, 0.2) is 0 Å². The topological polar surface area (TPSA) is 73.1 Å². The lowest BCUT2D eigenvalue weighted by Gasteiger charge is -2.11. The van der Waals surface area contributed by atoms with E-state index in [0.717, 1.165) is 13.0 Å². The van der Waals surface area contributed by atoms with Gasteiger partial charge >= 0.3 is 5.97 Å². The molecule has 0 aliphatic rings. The summed E-state index contributed by atoms with van der Waals surface area (Å²) in [6.07, 6.45) is 1.85. The minimum atomic E-state index is -0.741. The van der Waals surface area contributed by atoms with Crippen molar-refractivity contribution in [2.24, 2.45) is 5.92 Å². The fraction of sp³-hybridized carbons (Fsp3) is 0.800. The van der Waals surface area contributed by atoms with E-state index >= 15 is 0 Å². The molecule has 0 aromatic heterocycles. The molecule has 0 saturated carbocycles. The molecular weight excluding hydrogens is 180 g/mol. The lowest BCUT2D eigenvalue weighted by molar-refractivity contribution is -0.137. The van der Waals surface area contributed by atoms with Crippen LogP contribution >= 0.6 is 0 Å². The first-order chi connectivity index (χ1) is 6.56. The van der Waals surface area contributed by atoms with E-state index in [1.165, 1.54) is 0 Å². The van der Waals surface area contributed by atoms with Crippen LogP contribution in [-0.4, -0.2) is 23.7 Å². The Morgan fingerprint density at radius 1 is 1.50 bits per heavy atom. The molecule has 0 aromatic carbocycles. The zero-order valence-electron chi connectivity index (χ0n) is 8.79. The molecule has 0 heterocycles. The van der Waals surface area contributed by atoms with E-state index < -0.39 is 5.97 Å². The lowest BCUT2D eigenvalue weighted by atomic mass is 10.0. The van der Waals surface area contributed by atoms with Crippen LogP contribution in [0, 0.1) is 17.2 Å². The first-order valence-electron chi connectivity index (χ1n) is 4.91. The smallest absolute Gasteiger partial charge is 0.303 e. The predicted molar refractivity (Wildman–Crippen MR) is 53.7 cm³/mol. The minimum absolute atomic E-state index is 0.123. The number of carbonyl (C=O) groups is 1. The zero-order chi connectivity index (χ0) is 11.0. The number of hydrogen-bond acceptors (Lipinski definition) is 3. The number of nitrogens with zero attached hydrogens (tertiary/aromatic N) is 1. The lowest BCUT2D eigenvalue weighted by Crippen LogP contribution is -2.26. The fourth-order valence-electron chi connectivity index (χ4n) is 1.11. The Morgan fingerprint density at radius 2 is 2.14 bits per heavy atom. The van der Waals surface area contributed by atoms with Gasteiger partial charge < -0.3 is 10.4 Å². The summed E-state index contributed by atoms with van der Waals surface area (Å²) in [5, 5.41) is 20.0. The summed E-state index contributed by atoms with van der Waals surface area (Å²) in [7, 11) is 0. The number of hydrogen-bond donors (Lipinski definition) is 2. The average molecular weight is 198 g/mol. The Labute approximate surface area is 84.9 Å². The first kappa shape index (κ1) is 12.9. The number of carboxylic acids is 1. The fourth-order valence-corrected chi connectivity index (χ4v) is 1.11. The van der Waals surface area contributed by atoms with Crippen molar-refractivity contribution in [1.29, 1.82) is 5.26 Å². The van der Waals surface area contributed by atoms with Gasteiger partial charge in [-0.15, -0.1) is 0 Å². The summed E-state index contributed by atoms with van der Waals surface area (Å²) in [5.41, 5.74) is 0.